The summed E-state index contributed by atoms with van der Waals surface area (Å²) in [5.74, 6) is -0.242. The van der Waals surface area contributed by atoms with Gasteiger partial charge in [0.25, 0.3) is 5.91 Å². The summed E-state index contributed by atoms with van der Waals surface area (Å²) >= 11 is 0. The number of fused-ring (bicyclic) bond motifs is 2. The number of rotatable bonds is 1. The molecule has 5 nitrogen and oxygen atoms in total. The molecule has 4 rings (SSSR count). The van der Waals surface area contributed by atoms with Crippen molar-refractivity contribution in [1.82, 2.24) is 9.80 Å². The highest BCUT2D eigenvalue weighted by Gasteiger charge is 2.45. The number of halogens is 3. The summed E-state index contributed by atoms with van der Waals surface area (Å²) < 4.78 is 45.0. The van der Waals surface area contributed by atoms with E-state index in [2.05, 4.69) is 0 Å². The van der Waals surface area contributed by atoms with E-state index in [9.17, 15) is 22.8 Å². The van der Waals surface area contributed by atoms with Crippen LogP contribution in [0.1, 0.15) is 48.0 Å². The molecule has 0 unspecified atom stereocenters. The van der Waals surface area contributed by atoms with Gasteiger partial charge in [0, 0.05) is 19.5 Å². The smallest absolute Gasteiger partial charge is 0.416 e. The molecule has 0 N–H and O–H groups in total. The van der Waals surface area contributed by atoms with Gasteiger partial charge in [0.1, 0.15) is 11.9 Å². The number of hydrogen-bond acceptors (Lipinski definition) is 3. The van der Waals surface area contributed by atoms with Crippen LogP contribution in [0.4, 0.5) is 13.2 Å². The molecule has 0 radical (unpaired) electrons. The quantitative estimate of drug-likeness (QED) is 0.732. The van der Waals surface area contributed by atoms with Crippen molar-refractivity contribution in [3.8, 4) is 5.75 Å². The van der Waals surface area contributed by atoms with Crippen LogP contribution in [0.5, 0.6) is 5.75 Å². The molecule has 2 aliphatic heterocycles. The second kappa shape index (κ2) is 6.97. The molecule has 1 saturated heterocycles. The third-order valence-electron chi connectivity index (χ3n) is 6.14. The van der Waals surface area contributed by atoms with Gasteiger partial charge in [-0.2, -0.15) is 13.2 Å². The van der Waals surface area contributed by atoms with Crippen molar-refractivity contribution in [2.45, 2.75) is 50.4 Å². The molecule has 2 heterocycles. The SMILES string of the molecule is CN1C(=O)c2cc(C(F)(F)F)ccc2O[C@H]2CN(C(=O)C3CCCCC3)C[C@H]21. The van der Waals surface area contributed by atoms with Crippen molar-refractivity contribution >= 4 is 11.8 Å². The Morgan fingerprint density at radius 3 is 2.54 bits per heavy atom. The Balaban J connectivity index is 1.57. The summed E-state index contributed by atoms with van der Waals surface area (Å²) in [6.45, 7) is 0.695. The van der Waals surface area contributed by atoms with Gasteiger partial charge in [-0.25, -0.2) is 0 Å². The van der Waals surface area contributed by atoms with Crippen LogP contribution in [0.2, 0.25) is 0 Å². The van der Waals surface area contributed by atoms with Gasteiger partial charge >= 0.3 is 6.18 Å². The van der Waals surface area contributed by atoms with Crippen LogP contribution in [-0.2, 0) is 11.0 Å². The molecule has 152 valence electrons. The van der Waals surface area contributed by atoms with Gasteiger partial charge in [-0.15, -0.1) is 0 Å². The first-order chi connectivity index (χ1) is 13.3. The van der Waals surface area contributed by atoms with Gasteiger partial charge in [-0.05, 0) is 31.0 Å². The largest absolute Gasteiger partial charge is 0.486 e. The third-order valence-corrected chi connectivity index (χ3v) is 6.14. The summed E-state index contributed by atoms with van der Waals surface area (Å²) in [7, 11) is 1.56. The van der Waals surface area contributed by atoms with Gasteiger partial charge in [-0.3, -0.25) is 9.59 Å². The maximum atomic E-state index is 13.0. The van der Waals surface area contributed by atoms with Crippen molar-refractivity contribution in [1.29, 1.82) is 0 Å². The van der Waals surface area contributed by atoms with E-state index in [0.717, 1.165) is 44.2 Å². The van der Waals surface area contributed by atoms with Crippen molar-refractivity contribution in [2.24, 2.45) is 5.92 Å². The zero-order chi connectivity index (χ0) is 20.1. The lowest BCUT2D eigenvalue weighted by atomic mass is 9.88. The molecular weight excluding hydrogens is 373 g/mol. The Bertz CT molecular complexity index is 789. The average molecular weight is 396 g/mol. The second-order valence-corrected chi connectivity index (χ2v) is 7.93. The minimum atomic E-state index is -4.53. The number of carbonyl (C=O) groups is 2. The fraction of sp³-hybridized carbons (Fsp3) is 0.600. The van der Waals surface area contributed by atoms with Crippen molar-refractivity contribution < 1.29 is 27.5 Å². The number of benzene rings is 1. The van der Waals surface area contributed by atoms with Crippen LogP contribution >= 0.6 is 0 Å². The lowest BCUT2D eigenvalue weighted by molar-refractivity contribution is -0.138. The Morgan fingerprint density at radius 2 is 1.86 bits per heavy atom. The van der Waals surface area contributed by atoms with E-state index in [1.807, 2.05) is 0 Å². The molecule has 28 heavy (non-hydrogen) atoms. The number of ether oxygens (including phenoxy) is 1. The Kier molecular flexibility index (Phi) is 4.75. The van der Waals surface area contributed by atoms with Gasteiger partial charge in [-0.1, -0.05) is 19.3 Å². The predicted octanol–water partition coefficient (Wildman–Crippen LogP) is 3.33. The molecular formula is C20H23F3N2O3. The van der Waals surface area contributed by atoms with Gasteiger partial charge in [0.05, 0.1) is 23.7 Å². The topological polar surface area (TPSA) is 49.9 Å². The maximum Gasteiger partial charge on any atom is 0.416 e. The van der Waals surface area contributed by atoms with E-state index in [1.165, 1.54) is 11.0 Å². The third kappa shape index (κ3) is 3.33. The van der Waals surface area contributed by atoms with Crippen molar-refractivity contribution in [3.63, 3.8) is 0 Å². The fourth-order valence-corrected chi connectivity index (χ4v) is 4.51. The van der Waals surface area contributed by atoms with Crippen molar-refractivity contribution in [2.75, 3.05) is 20.1 Å². The molecule has 1 aromatic carbocycles. The minimum absolute atomic E-state index is 0.0266. The zero-order valence-electron chi connectivity index (χ0n) is 15.7. The summed E-state index contributed by atoms with van der Waals surface area (Å²) in [5, 5.41) is 0. The molecule has 1 saturated carbocycles. The second-order valence-electron chi connectivity index (χ2n) is 7.93. The maximum absolute atomic E-state index is 13.0. The number of hydrogen-bond donors (Lipinski definition) is 0. The van der Waals surface area contributed by atoms with Crippen LogP contribution in [0.25, 0.3) is 0 Å². The Labute approximate surface area is 161 Å². The number of likely N-dealkylation sites (tertiary alicyclic amines) is 1. The summed E-state index contributed by atoms with van der Waals surface area (Å²) in [6.07, 6.45) is 0.0827. The highest BCUT2D eigenvalue weighted by molar-refractivity contribution is 5.97. The molecule has 0 spiro atoms. The average Bonchev–Trinajstić information content (AvgIpc) is 3.06. The number of likely N-dealkylation sites (N-methyl/N-ethyl adjacent to an activating group) is 1. The fourth-order valence-electron chi connectivity index (χ4n) is 4.51. The van der Waals surface area contributed by atoms with E-state index in [4.69, 9.17) is 4.74 Å². The van der Waals surface area contributed by atoms with Crippen LogP contribution in [0, 0.1) is 5.92 Å². The molecule has 3 aliphatic rings. The predicted molar refractivity (Wildman–Crippen MR) is 94.9 cm³/mol. The van der Waals surface area contributed by atoms with E-state index in [1.54, 1.807) is 11.9 Å². The molecule has 1 aromatic rings. The number of nitrogens with zero attached hydrogens (tertiary/aromatic N) is 2. The minimum Gasteiger partial charge on any atom is -0.486 e. The molecule has 2 fully saturated rings. The Morgan fingerprint density at radius 1 is 1.14 bits per heavy atom. The van der Waals surface area contributed by atoms with E-state index in [0.29, 0.717) is 13.1 Å². The van der Waals surface area contributed by atoms with Crippen LogP contribution in [-0.4, -0.2) is 53.9 Å². The molecule has 0 aromatic heterocycles. The van der Waals surface area contributed by atoms with E-state index < -0.39 is 23.8 Å². The number of amides is 2. The van der Waals surface area contributed by atoms with Crippen LogP contribution < -0.4 is 4.74 Å². The first kappa shape index (κ1) is 19.1. The molecule has 8 heteroatoms. The van der Waals surface area contributed by atoms with Crippen LogP contribution in [0.15, 0.2) is 18.2 Å². The first-order valence-corrected chi connectivity index (χ1v) is 9.69. The summed E-state index contributed by atoms with van der Waals surface area (Å²) in [5.41, 5.74) is -0.963. The summed E-state index contributed by atoms with van der Waals surface area (Å²) in [6, 6.07) is 2.60. The van der Waals surface area contributed by atoms with Gasteiger partial charge in [0.15, 0.2) is 0 Å². The standard InChI is InChI=1S/C20H23F3N2O3/c1-24-15-10-25(18(26)12-5-3-2-4-6-12)11-17(15)28-16-8-7-13(20(21,22)23)9-14(16)19(24)27/h7-9,12,15,17H,2-6,10-11H2,1H3/t15-,17+/m1/s1. The summed E-state index contributed by atoms with van der Waals surface area (Å²) in [4.78, 5) is 28.8. The first-order valence-electron chi connectivity index (χ1n) is 9.69. The highest BCUT2D eigenvalue weighted by atomic mass is 19.4. The molecule has 2 amide bonds. The molecule has 1 aliphatic carbocycles. The monoisotopic (exact) mass is 396 g/mol. The normalized spacial score (nSPS) is 25.8. The lowest BCUT2D eigenvalue weighted by Crippen LogP contribution is -2.44. The van der Waals surface area contributed by atoms with Gasteiger partial charge < -0.3 is 14.5 Å². The number of alkyl halides is 3. The number of carbonyl (C=O) groups excluding carboxylic acids is 2. The van der Waals surface area contributed by atoms with Crippen molar-refractivity contribution in [3.05, 3.63) is 29.3 Å². The molecule has 0 bridgehead atoms. The van der Waals surface area contributed by atoms with E-state index >= 15 is 0 Å². The van der Waals surface area contributed by atoms with Gasteiger partial charge in [0.2, 0.25) is 5.91 Å². The van der Waals surface area contributed by atoms with E-state index in [-0.39, 0.29) is 29.2 Å². The van der Waals surface area contributed by atoms with Crippen LogP contribution in [0.3, 0.4) is 0 Å². The molecule has 2 atom stereocenters. The lowest BCUT2D eigenvalue weighted by Gasteiger charge is -2.27. The highest BCUT2D eigenvalue weighted by Crippen LogP contribution is 2.37. The zero-order valence-corrected chi connectivity index (χ0v) is 15.7. The Hall–Kier alpha value is -2.25.